The Kier molecular flexibility index (Phi) is 3.65. The Morgan fingerprint density at radius 3 is 2.50 bits per heavy atom. The maximum absolute atomic E-state index is 12.2. The van der Waals surface area contributed by atoms with Gasteiger partial charge in [0.25, 0.3) is 5.91 Å². The van der Waals surface area contributed by atoms with E-state index in [1.54, 1.807) is 47.6 Å². The van der Waals surface area contributed by atoms with Gasteiger partial charge in [-0.25, -0.2) is 4.79 Å². The van der Waals surface area contributed by atoms with E-state index in [2.05, 4.69) is 5.32 Å². The molecule has 0 atom stereocenters. The molecule has 2 aromatic heterocycles. The van der Waals surface area contributed by atoms with E-state index in [9.17, 15) is 9.59 Å². The zero-order valence-electron chi connectivity index (χ0n) is 11.9. The fraction of sp³-hybridized carbons (Fsp3) is 0.286. The molecule has 1 amide bonds. The summed E-state index contributed by atoms with van der Waals surface area (Å²) in [7, 11) is 4.87. The smallest absolute Gasteiger partial charge is 0.354 e. The lowest BCUT2D eigenvalue weighted by Crippen LogP contribution is -2.15. The first-order chi connectivity index (χ1) is 9.45. The average molecular weight is 275 g/mol. The van der Waals surface area contributed by atoms with Crippen LogP contribution in [0.1, 0.15) is 26.7 Å². The zero-order valence-corrected chi connectivity index (χ0v) is 11.9. The highest BCUT2D eigenvalue weighted by Gasteiger charge is 2.18. The van der Waals surface area contributed by atoms with Gasteiger partial charge in [0.1, 0.15) is 11.4 Å². The third-order valence-electron chi connectivity index (χ3n) is 3.35. The van der Waals surface area contributed by atoms with Gasteiger partial charge in [0.05, 0.1) is 12.8 Å². The summed E-state index contributed by atoms with van der Waals surface area (Å²) in [6.07, 6.45) is 1.80. The number of nitrogens with zero attached hydrogens (tertiary/aromatic N) is 2. The van der Waals surface area contributed by atoms with Crippen molar-refractivity contribution in [2.45, 2.75) is 6.92 Å². The van der Waals surface area contributed by atoms with Crippen molar-refractivity contribution in [2.75, 3.05) is 12.4 Å². The van der Waals surface area contributed by atoms with Gasteiger partial charge >= 0.3 is 5.97 Å². The second-order valence-corrected chi connectivity index (χ2v) is 4.54. The van der Waals surface area contributed by atoms with Crippen molar-refractivity contribution in [3.63, 3.8) is 0 Å². The molecule has 0 saturated carbocycles. The van der Waals surface area contributed by atoms with Gasteiger partial charge in [-0.15, -0.1) is 0 Å². The number of anilines is 1. The molecule has 0 radical (unpaired) electrons. The van der Waals surface area contributed by atoms with Crippen molar-refractivity contribution in [1.82, 2.24) is 9.13 Å². The molecule has 6 nitrogen and oxygen atoms in total. The predicted octanol–water partition coefficient (Wildman–Crippen LogP) is 1.71. The molecule has 0 spiro atoms. The van der Waals surface area contributed by atoms with Gasteiger partial charge in [-0.2, -0.15) is 0 Å². The van der Waals surface area contributed by atoms with Gasteiger partial charge in [0.15, 0.2) is 0 Å². The van der Waals surface area contributed by atoms with E-state index >= 15 is 0 Å². The second-order valence-electron chi connectivity index (χ2n) is 4.54. The molecule has 0 aliphatic rings. The minimum absolute atomic E-state index is 0.220. The third kappa shape index (κ3) is 2.32. The number of hydrogen-bond donors (Lipinski definition) is 1. The number of methoxy groups -OCH3 is 1. The number of ether oxygens (including phenoxy) is 1. The summed E-state index contributed by atoms with van der Waals surface area (Å²) in [5.41, 5.74) is 2.33. The summed E-state index contributed by atoms with van der Waals surface area (Å²) in [4.78, 5) is 23.8. The molecule has 0 fully saturated rings. The average Bonchev–Trinajstić information content (AvgIpc) is 2.97. The molecule has 20 heavy (non-hydrogen) atoms. The number of hydrogen-bond acceptors (Lipinski definition) is 3. The molecule has 0 aromatic carbocycles. The maximum Gasteiger partial charge on any atom is 0.354 e. The van der Waals surface area contributed by atoms with E-state index in [-0.39, 0.29) is 5.91 Å². The number of amides is 1. The molecule has 0 bridgehead atoms. The van der Waals surface area contributed by atoms with Crippen LogP contribution in [0.5, 0.6) is 0 Å². The summed E-state index contributed by atoms with van der Waals surface area (Å²) in [5, 5.41) is 2.81. The number of esters is 1. The van der Waals surface area contributed by atoms with Crippen molar-refractivity contribution in [1.29, 1.82) is 0 Å². The van der Waals surface area contributed by atoms with Gasteiger partial charge < -0.3 is 19.2 Å². The van der Waals surface area contributed by atoms with Crippen LogP contribution in [-0.2, 0) is 18.8 Å². The molecule has 6 heteroatoms. The number of carbonyl (C=O) groups excluding carboxylic acids is 2. The molecule has 0 unspecified atom stereocenters. The number of aryl methyl sites for hydroxylation is 1. The molecule has 0 aliphatic heterocycles. The van der Waals surface area contributed by atoms with E-state index in [1.165, 1.54) is 7.11 Å². The van der Waals surface area contributed by atoms with Crippen LogP contribution in [-0.4, -0.2) is 28.1 Å². The molecule has 106 valence electrons. The van der Waals surface area contributed by atoms with Gasteiger partial charge in [-0.05, 0) is 25.1 Å². The highest BCUT2D eigenvalue weighted by molar-refractivity contribution is 6.04. The number of nitrogens with one attached hydrogen (secondary N) is 1. The second kappa shape index (κ2) is 5.24. The number of aromatic nitrogens is 2. The summed E-state index contributed by atoms with van der Waals surface area (Å²) in [5.74, 6) is -0.655. The van der Waals surface area contributed by atoms with Crippen molar-refractivity contribution in [3.8, 4) is 0 Å². The Bertz CT molecular complexity index is 667. The Labute approximate surface area is 117 Å². The quantitative estimate of drug-likeness (QED) is 0.867. The fourth-order valence-corrected chi connectivity index (χ4v) is 2.01. The molecule has 1 N–H and O–H groups in total. The Balaban J connectivity index is 2.29. The molecule has 2 rings (SSSR count). The van der Waals surface area contributed by atoms with Crippen molar-refractivity contribution < 1.29 is 14.3 Å². The van der Waals surface area contributed by atoms with Gasteiger partial charge in [-0.1, -0.05) is 0 Å². The van der Waals surface area contributed by atoms with Gasteiger partial charge in [0, 0.05) is 26.0 Å². The van der Waals surface area contributed by atoms with Crippen LogP contribution in [0, 0.1) is 6.92 Å². The first-order valence-corrected chi connectivity index (χ1v) is 6.13. The van der Waals surface area contributed by atoms with Crippen LogP contribution in [0.4, 0.5) is 5.69 Å². The monoisotopic (exact) mass is 275 g/mol. The first-order valence-electron chi connectivity index (χ1n) is 6.13. The summed E-state index contributed by atoms with van der Waals surface area (Å²) >= 11 is 0. The van der Waals surface area contributed by atoms with Crippen LogP contribution in [0.3, 0.4) is 0 Å². The molecular formula is C14H17N3O3. The zero-order chi connectivity index (χ0) is 14.9. The van der Waals surface area contributed by atoms with E-state index in [0.29, 0.717) is 17.1 Å². The largest absolute Gasteiger partial charge is 0.464 e. The molecular weight excluding hydrogens is 258 g/mol. The summed E-state index contributed by atoms with van der Waals surface area (Å²) in [6, 6.07) is 5.14. The highest BCUT2D eigenvalue weighted by Crippen LogP contribution is 2.21. The molecule has 2 heterocycles. The van der Waals surface area contributed by atoms with Crippen LogP contribution in [0.2, 0.25) is 0 Å². The SMILES string of the molecule is COC(=O)c1cc(NC(=O)c2cccn2C)c(C)n1C. The number of carbonyl (C=O) groups is 2. The van der Waals surface area contributed by atoms with Crippen LogP contribution in [0.25, 0.3) is 0 Å². The minimum atomic E-state index is -0.435. The van der Waals surface area contributed by atoms with Crippen molar-refractivity contribution >= 4 is 17.6 Å². The Morgan fingerprint density at radius 1 is 1.25 bits per heavy atom. The lowest BCUT2D eigenvalue weighted by atomic mass is 10.3. The predicted molar refractivity (Wildman–Crippen MR) is 74.9 cm³/mol. The van der Waals surface area contributed by atoms with Crippen LogP contribution in [0.15, 0.2) is 24.4 Å². The molecule has 0 aliphatic carbocycles. The standard InChI is InChI=1S/C14H17N3O3/c1-9-10(8-12(17(9)3)14(19)20-4)15-13(18)11-6-5-7-16(11)2/h5-8H,1-4H3,(H,15,18). The van der Waals surface area contributed by atoms with E-state index in [1.807, 2.05) is 6.92 Å². The van der Waals surface area contributed by atoms with E-state index in [4.69, 9.17) is 4.74 Å². The van der Waals surface area contributed by atoms with Crippen molar-refractivity contribution in [3.05, 3.63) is 41.5 Å². The van der Waals surface area contributed by atoms with Gasteiger partial charge in [0.2, 0.25) is 0 Å². The van der Waals surface area contributed by atoms with E-state index in [0.717, 1.165) is 5.69 Å². The third-order valence-corrected chi connectivity index (χ3v) is 3.35. The van der Waals surface area contributed by atoms with Gasteiger partial charge in [-0.3, -0.25) is 4.79 Å². The van der Waals surface area contributed by atoms with Crippen LogP contribution >= 0.6 is 0 Å². The normalized spacial score (nSPS) is 10.4. The van der Waals surface area contributed by atoms with E-state index < -0.39 is 5.97 Å². The summed E-state index contributed by atoms with van der Waals surface area (Å²) < 4.78 is 8.12. The van der Waals surface area contributed by atoms with Crippen molar-refractivity contribution in [2.24, 2.45) is 14.1 Å². The summed E-state index contributed by atoms with van der Waals surface area (Å²) in [6.45, 7) is 1.83. The fourth-order valence-electron chi connectivity index (χ4n) is 2.01. The molecule has 2 aromatic rings. The Hall–Kier alpha value is -2.50. The maximum atomic E-state index is 12.2. The minimum Gasteiger partial charge on any atom is -0.464 e. The lowest BCUT2D eigenvalue weighted by molar-refractivity contribution is 0.0589. The molecule has 0 saturated heterocycles. The number of rotatable bonds is 3. The topological polar surface area (TPSA) is 65.3 Å². The lowest BCUT2D eigenvalue weighted by Gasteiger charge is -2.06. The first kappa shape index (κ1) is 13.9. The van der Waals surface area contributed by atoms with Crippen LogP contribution < -0.4 is 5.32 Å². The highest BCUT2D eigenvalue weighted by atomic mass is 16.5. The Morgan fingerprint density at radius 2 is 1.95 bits per heavy atom.